The molecule has 1 aromatic carbocycles. The van der Waals surface area contributed by atoms with Gasteiger partial charge < -0.3 is 20.1 Å². The average molecular weight is 487 g/mol. The fourth-order valence-corrected chi connectivity index (χ4v) is 4.01. The van der Waals surface area contributed by atoms with E-state index in [-0.39, 0.29) is 17.1 Å². The number of rotatable bonds is 5. The summed E-state index contributed by atoms with van der Waals surface area (Å²) in [6.45, 7) is 3.26. The van der Waals surface area contributed by atoms with Gasteiger partial charge in [0.15, 0.2) is 17.2 Å². The van der Waals surface area contributed by atoms with Crippen molar-refractivity contribution in [2.24, 2.45) is 5.92 Å². The van der Waals surface area contributed by atoms with Gasteiger partial charge in [-0.25, -0.2) is 9.37 Å². The third kappa shape index (κ3) is 4.54. The Morgan fingerprint density at radius 2 is 1.85 bits per heavy atom. The molecule has 1 fully saturated rings. The highest BCUT2D eigenvalue weighted by Crippen LogP contribution is 2.55. The highest BCUT2D eigenvalue weighted by molar-refractivity contribution is 5.96. The second-order valence-corrected chi connectivity index (χ2v) is 8.04. The number of ether oxygens (including phenoxy) is 2. The second-order valence-electron chi connectivity index (χ2n) is 8.04. The first kappa shape index (κ1) is 25.3. The van der Waals surface area contributed by atoms with E-state index in [9.17, 15) is 31.5 Å². The van der Waals surface area contributed by atoms with Crippen molar-refractivity contribution in [2.45, 2.75) is 44.6 Å². The molecule has 0 unspecified atom stereocenters. The van der Waals surface area contributed by atoms with Crippen LogP contribution in [0.1, 0.15) is 32.3 Å². The van der Waals surface area contributed by atoms with Gasteiger partial charge in [0.2, 0.25) is 11.7 Å². The molecule has 1 aliphatic heterocycles. The minimum absolute atomic E-state index is 0.102. The molecule has 4 atom stereocenters. The van der Waals surface area contributed by atoms with Crippen LogP contribution in [0.3, 0.4) is 0 Å². The number of nitrogens with zero attached hydrogens (tertiary/aromatic N) is 1. The van der Waals surface area contributed by atoms with Crippen molar-refractivity contribution in [2.75, 3.05) is 17.7 Å². The lowest BCUT2D eigenvalue weighted by atomic mass is 9.77. The minimum Gasteiger partial charge on any atom is -0.493 e. The third-order valence-electron chi connectivity index (χ3n) is 5.90. The average Bonchev–Trinajstić information content (AvgIpc) is 3.02. The lowest BCUT2D eigenvalue weighted by Gasteiger charge is -2.32. The monoisotopic (exact) mass is 487 g/mol. The standard InChI is InChI=1S/C22H22F5N3O4/c1-10-16(13-5-6-14(23)17(24)18(13)33-4)19(34-21(10,3)22(25,26)27)20(32)30-12-7-8-28-15(9-12)29-11(2)31/h5-10,16,19H,1-4H3,(H2,28,29,30,31,32)/t10-,16-,19+,21+/m1/s1. The Balaban J connectivity index is 2.04. The summed E-state index contributed by atoms with van der Waals surface area (Å²) in [5.74, 6) is -7.25. The largest absolute Gasteiger partial charge is 0.493 e. The zero-order valence-electron chi connectivity index (χ0n) is 18.6. The van der Waals surface area contributed by atoms with Gasteiger partial charge in [-0.05, 0) is 19.1 Å². The lowest BCUT2D eigenvalue weighted by molar-refractivity contribution is -0.272. The number of halogens is 5. The van der Waals surface area contributed by atoms with E-state index in [0.717, 1.165) is 26.2 Å². The molecule has 34 heavy (non-hydrogen) atoms. The molecule has 2 amide bonds. The van der Waals surface area contributed by atoms with E-state index in [0.29, 0.717) is 0 Å². The summed E-state index contributed by atoms with van der Waals surface area (Å²) in [6.07, 6.45) is -5.34. The van der Waals surface area contributed by atoms with Crippen LogP contribution in [0.5, 0.6) is 5.75 Å². The van der Waals surface area contributed by atoms with Crippen LogP contribution in [-0.4, -0.2) is 41.8 Å². The first-order valence-corrected chi connectivity index (χ1v) is 10.1. The van der Waals surface area contributed by atoms with Crippen LogP contribution in [0, 0.1) is 17.6 Å². The molecule has 0 spiro atoms. The van der Waals surface area contributed by atoms with E-state index in [2.05, 4.69) is 15.6 Å². The van der Waals surface area contributed by atoms with Gasteiger partial charge in [-0.1, -0.05) is 13.0 Å². The number of anilines is 2. The van der Waals surface area contributed by atoms with Crippen molar-refractivity contribution in [3.63, 3.8) is 0 Å². The van der Waals surface area contributed by atoms with E-state index in [1.54, 1.807) is 0 Å². The Hall–Kier alpha value is -3.28. The molecule has 1 aromatic heterocycles. The van der Waals surface area contributed by atoms with E-state index < -0.39 is 58.9 Å². The molecule has 2 heterocycles. The van der Waals surface area contributed by atoms with Gasteiger partial charge in [0.25, 0.3) is 5.91 Å². The molecule has 184 valence electrons. The molecule has 12 heteroatoms. The second kappa shape index (κ2) is 9.16. The minimum atomic E-state index is -4.87. The maximum Gasteiger partial charge on any atom is 0.417 e. The Morgan fingerprint density at radius 3 is 2.44 bits per heavy atom. The molecule has 0 saturated carbocycles. The van der Waals surface area contributed by atoms with E-state index >= 15 is 0 Å². The third-order valence-corrected chi connectivity index (χ3v) is 5.90. The number of alkyl halides is 3. The number of nitrogens with one attached hydrogen (secondary N) is 2. The number of amides is 2. The summed E-state index contributed by atoms with van der Waals surface area (Å²) in [4.78, 5) is 28.3. The van der Waals surface area contributed by atoms with Gasteiger partial charge in [-0.15, -0.1) is 0 Å². The van der Waals surface area contributed by atoms with E-state index in [1.165, 1.54) is 32.2 Å². The van der Waals surface area contributed by atoms with E-state index in [1.807, 2.05) is 0 Å². The fourth-order valence-electron chi connectivity index (χ4n) is 4.01. The smallest absolute Gasteiger partial charge is 0.417 e. The van der Waals surface area contributed by atoms with Crippen LogP contribution in [0.15, 0.2) is 30.5 Å². The van der Waals surface area contributed by atoms with Gasteiger partial charge in [0.05, 0.1) is 7.11 Å². The Labute approximate surface area is 191 Å². The summed E-state index contributed by atoms with van der Waals surface area (Å²) < 4.78 is 80.3. The summed E-state index contributed by atoms with van der Waals surface area (Å²) in [5.41, 5.74) is -2.79. The Morgan fingerprint density at radius 1 is 1.18 bits per heavy atom. The van der Waals surface area contributed by atoms with Crippen LogP contribution in [0.25, 0.3) is 0 Å². The summed E-state index contributed by atoms with van der Waals surface area (Å²) in [7, 11) is 1.04. The van der Waals surface area contributed by atoms with Crippen molar-refractivity contribution in [1.29, 1.82) is 0 Å². The number of aromatic nitrogens is 1. The number of pyridine rings is 1. The number of carbonyl (C=O) groups is 2. The SMILES string of the molecule is COc1c([C@@H]2[C@@H](C(=O)Nc3ccnc(NC(C)=O)c3)O[C@](C)(C(F)(F)F)[C@@H]2C)ccc(F)c1F. The summed E-state index contributed by atoms with van der Waals surface area (Å²) in [5, 5.41) is 4.85. The normalized spacial score (nSPS) is 24.6. The molecule has 0 aliphatic carbocycles. The number of methoxy groups -OCH3 is 1. The molecule has 0 bridgehead atoms. The molecule has 1 saturated heterocycles. The van der Waals surface area contributed by atoms with Gasteiger partial charge >= 0.3 is 6.18 Å². The van der Waals surface area contributed by atoms with Crippen LogP contribution in [0.4, 0.5) is 33.5 Å². The maximum atomic E-state index is 14.4. The number of benzene rings is 1. The maximum absolute atomic E-state index is 14.4. The van der Waals surface area contributed by atoms with Gasteiger partial charge in [0, 0.05) is 42.3 Å². The van der Waals surface area contributed by atoms with Crippen LogP contribution >= 0.6 is 0 Å². The number of hydrogen-bond donors (Lipinski definition) is 2. The van der Waals surface area contributed by atoms with Crippen LogP contribution in [0.2, 0.25) is 0 Å². The van der Waals surface area contributed by atoms with Crippen LogP contribution < -0.4 is 15.4 Å². The predicted octanol–water partition coefficient (Wildman–Crippen LogP) is 4.41. The summed E-state index contributed by atoms with van der Waals surface area (Å²) >= 11 is 0. The van der Waals surface area contributed by atoms with E-state index in [4.69, 9.17) is 9.47 Å². The molecule has 3 rings (SSSR count). The van der Waals surface area contributed by atoms with Crippen molar-refractivity contribution in [3.8, 4) is 5.75 Å². The van der Waals surface area contributed by atoms with Gasteiger partial charge in [-0.3, -0.25) is 9.59 Å². The van der Waals surface area contributed by atoms with Gasteiger partial charge in [0.1, 0.15) is 11.9 Å². The highest BCUT2D eigenvalue weighted by atomic mass is 19.4. The lowest BCUT2D eigenvalue weighted by Crippen LogP contribution is -2.47. The molecule has 0 radical (unpaired) electrons. The molecular weight excluding hydrogens is 465 g/mol. The number of carbonyl (C=O) groups excluding carboxylic acids is 2. The van der Waals surface area contributed by atoms with Crippen molar-refractivity contribution in [1.82, 2.24) is 4.98 Å². The molecule has 1 aliphatic rings. The number of hydrogen-bond acceptors (Lipinski definition) is 5. The molecule has 7 nitrogen and oxygen atoms in total. The molecular formula is C22H22F5N3O4. The highest BCUT2D eigenvalue weighted by Gasteiger charge is 2.65. The topological polar surface area (TPSA) is 89.5 Å². The first-order valence-electron chi connectivity index (χ1n) is 10.1. The predicted molar refractivity (Wildman–Crippen MR) is 111 cm³/mol. The summed E-state index contributed by atoms with van der Waals surface area (Å²) in [6, 6.07) is 4.48. The Bertz CT molecular complexity index is 1110. The van der Waals surface area contributed by atoms with Crippen LogP contribution in [-0.2, 0) is 14.3 Å². The first-order chi connectivity index (χ1) is 15.8. The zero-order chi connectivity index (χ0) is 25.4. The quantitative estimate of drug-likeness (QED) is 0.611. The van der Waals surface area contributed by atoms with Gasteiger partial charge in [-0.2, -0.15) is 17.6 Å². The molecule has 2 N–H and O–H groups in total. The van der Waals surface area contributed by atoms with Crippen molar-refractivity contribution < 1.29 is 41.0 Å². The zero-order valence-corrected chi connectivity index (χ0v) is 18.6. The Kier molecular flexibility index (Phi) is 6.83. The fraction of sp³-hybridized carbons (Fsp3) is 0.409. The van der Waals surface area contributed by atoms with Crippen molar-refractivity contribution in [3.05, 3.63) is 47.7 Å². The van der Waals surface area contributed by atoms with Crippen molar-refractivity contribution >= 4 is 23.3 Å². The molecule has 2 aromatic rings.